The van der Waals surface area contributed by atoms with Crippen molar-refractivity contribution in [3.8, 4) is 11.3 Å². The van der Waals surface area contributed by atoms with Gasteiger partial charge in [0.25, 0.3) is 0 Å². The van der Waals surface area contributed by atoms with Gasteiger partial charge in [-0.3, -0.25) is 9.69 Å². The molecule has 1 aliphatic rings. The molecule has 0 atom stereocenters. The third-order valence-electron chi connectivity index (χ3n) is 5.54. The highest BCUT2D eigenvalue weighted by Crippen LogP contribution is 2.23. The lowest BCUT2D eigenvalue weighted by Gasteiger charge is -2.22. The molecule has 0 radical (unpaired) electrons. The van der Waals surface area contributed by atoms with E-state index in [2.05, 4.69) is 9.88 Å². The van der Waals surface area contributed by atoms with Gasteiger partial charge in [-0.25, -0.2) is 13.8 Å². The molecule has 0 saturated carbocycles. The van der Waals surface area contributed by atoms with Crippen molar-refractivity contribution in [2.24, 2.45) is 0 Å². The topological polar surface area (TPSA) is 49.6 Å². The van der Waals surface area contributed by atoms with Gasteiger partial charge >= 0.3 is 0 Å². The monoisotopic (exact) mass is 425 g/mol. The Morgan fingerprint density at radius 3 is 2.55 bits per heavy atom. The Morgan fingerprint density at radius 1 is 0.968 bits per heavy atom. The minimum Gasteiger partial charge on any atom is -0.441 e. The first-order valence-electron chi connectivity index (χ1n) is 10.5. The second-order valence-electron chi connectivity index (χ2n) is 7.70. The van der Waals surface area contributed by atoms with Crippen LogP contribution in [0.15, 0.2) is 59.1 Å². The van der Waals surface area contributed by atoms with Crippen LogP contribution in [0.1, 0.15) is 24.3 Å². The number of carbonyl (C=O) groups excluding carboxylic acids is 1. The predicted molar refractivity (Wildman–Crippen MR) is 113 cm³/mol. The second kappa shape index (κ2) is 9.83. The van der Waals surface area contributed by atoms with Gasteiger partial charge in [0.05, 0.1) is 11.8 Å². The maximum Gasteiger partial charge on any atom is 0.223 e. The molecule has 0 N–H and O–H groups in total. The lowest BCUT2D eigenvalue weighted by Crippen LogP contribution is -2.35. The third-order valence-corrected chi connectivity index (χ3v) is 5.54. The fourth-order valence-electron chi connectivity index (χ4n) is 3.83. The first-order valence-corrected chi connectivity index (χ1v) is 10.5. The van der Waals surface area contributed by atoms with Crippen LogP contribution >= 0.6 is 0 Å². The summed E-state index contributed by atoms with van der Waals surface area (Å²) in [6.07, 6.45) is 2.98. The van der Waals surface area contributed by atoms with E-state index in [9.17, 15) is 13.6 Å². The average Bonchev–Trinajstić information content (AvgIpc) is 3.12. The molecule has 5 nitrogen and oxygen atoms in total. The van der Waals surface area contributed by atoms with Gasteiger partial charge < -0.3 is 9.32 Å². The van der Waals surface area contributed by atoms with E-state index in [1.807, 2.05) is 11.0 Å². The number of halogens is 2. The van der Waals surface area contributed by atoms with Crippen molar-refractivity contribution in [2.75, 3.05) is 26.2 Å². The first kappa shape index (κ1) is 21.2. The molecule has 1 amide bonds. The van der Waals surface area contributed by atoms with E-state index in [4.69, 9.17) is 4.42 Å². The third kappa shape index (κ3) is 5.35. The summed E-state index contributed by atoms with van der Waals surface area (Å²) >= 11 is 0. The van der Waals surface area contributed by atoms with Crippen molar-refractivity contribution in [3.63, 3.8) is 0 Å². The van der Waals surface area contributed by atoms with Crippen LogP contribution in [0.2, 0.25) is 0 Å². The van der Waals surface area contributed by atoms with Crippen LogP contribution in [0.4, 0.5) is 8.78 Å². The van der Waals surface area contributed by atoms with Crippen molar-refractivity contribution in [1.82, 2.24) is 14.8 Å². The zero-order valence-corrected chi connectivity index (χ0v) is 17.3. The summed E-state index contributed by atoms with van der Waals surface area (Å²) in [6.45, 7) is 3.36. The maximum absolute atomic E-state index is 13.9. The van der Waals surface area contributed by atoms with Gasteiger partial charge in [0.15, 0.2) is 11.7 Å². The van der Waals surface area contributed by atoms with Crippen molar-refractivity contribution in [2.45, 2.75) is 25.8 Å². The minimum atomic E-state index is -0.370. The highest BCUT2D eigenvalue weighted by Gasteiger charge is 2.20. The Bertz CT molecular complexity index is 1040. The minimum absolute atomic E-state index is 0.0402. The number of rotatable bonds is 6. The van der Waals surface area contributed by atoms with Crippen LogP contribution < -0.4 is 0 Å². The molecule has 0 bridgehead atoms. The van der Waals surface area contributed by atoms with Crippen LogP contribution in [0, 0.1) is 11.6 Å². The molecule has 162 valence electrons. The van der Waals surface area contributed by atoms with E-state index in [1.165, 1.54) is 18.3 Å². The summed E-state index contributed by atoms with van der Waals surface area (Å²) < 4.78 is 33.5. The lowest BCUT2D eigenvalue weighted by molar-refractivity contribution is -0.131. The molecule has 1 aliphatic heterocycles. The first-order chi connectivity index (χ1) is 15.1. The van der Waals surface area contributed by atoms with Gasteiger partial charge in [0, 0.05) is 51.1 Å². The van der Waals surface area contributed by atoms with Crippen molar-refractivity contribution in [3.05, 3.63) is 77.8 Å². The molecule has 31 heavy (non-hydrogen) atoms. The molecule has 1 aromatic heterocycles. The molecular weight excluding hydrogens is 400 g/mol. The number of nitrogens with zero attached hydrogens (tertiary/aromatic N) is 3. The van der Waals surface area contributed by atoms with Crippen LogP contribution in [-0.4, -0.2) is 46.9 Å². The van der Waals surface area contributed by atoms with Crippen LogP contribution in [0.3, 0.4) is 0 Å². The Kier molecular flexibility index (Phi) is 6.72. The molecule has 0 unspecified atom stereocenters. The van der Waals surface area contributed by atoms with E-state index < -0.39 is 0 Å². The zero-order chi connectivity index (χ0) is 21.6. The van der Waals surface area contributed by atoms with E-state index in [0.29, 0.717) is 55.4 Å². The van der Waals surface area contributed by atoms with Crippen LogP contribution in [0.5, 0.6) is 0 Å². The normalized spacial score (nSPS) is 15.1. The van der Waals surface area contributed by atoms with Crippen LogP contribution in [-0.2, 0) is 17.8 Å². The smallest absolute Gasteiger partial charge is 0.223 e. The number of carbonyl (C=O) groups is 1. The predicted octanol–water partition coefficient (Wildman–Crippen LogP) is 4.29. The quantitative estimate of drug-likeness (QED) is 0.591. The fourth-order valence-corrected chi connectivity index (χ4v) is 3.83. The van der Waals surface area contributed by atoms with Gasteiger partial charge in [-0.15, -0.1) is 0 Å². The molecule has 4 rings (SSSR count). The summed E-state index contributed by atoms with van der Waals surface area (Å²) in [5.41, 5.74) is 1.03. The zero-order valence-electron chi connectivity index (χ0n) is 17.3. The number of oxazole rings is 1. The molecule has 2 aromatic carbocycles. The van der Waals surface area contributed by atoms with Crippen molar-refractivity contribution >= 4 is 5.91 Å². The highest BCUT2D eigenvalue weighted by atomic mass is 19.1. The molecule has 0 spiro atoms. The van der Waals surface area contributed by atoms with Crippen molar-refractivity contribution < 1.29 is 18.0 Å². The Morgan fingerprint density at radius 2 is 1.74 bits per heavy atom. The molecule has 1 saturated heterocycles. The summed E-state index contributed by atoms with van der Waals surface area (Å²) in [5.74, 6) is 0.256. The van der Waals surface area contributed by atoms with E-state index >= 15 is 0 Å². The summed E-state index contributed by atoms with van der Waals surface area (Å²) in [5, 5.41) is 0. The number of aromatic nitrogens is 1. The van der Waals surface area contributed by atoms with Gasteiger partial charge in [-0.05, 0) is 24.6 Å². The van der Waals surface area contributed by atoms with E-state index in [-0.39, 0.29) is 24.0 Å². The number of hydrogen-bond acceptors (Lipinski definition) is 4. The summed E-state index contributed by atoms with van der Waals surface area (Å²) in [6, 6.07) is 13.2. The second-order valence-corrected chi connectivity index (χ2v) is 7.70. The van der Waals surface area contributed by atoms with Gasteiger partial charge in [0.1, 0.15) is 11.6 Å². The molecule has 1 fully saturated rings. The highest BCUT2D eigenvalue weighted by molar-refractivity contribution is 5.76. The van der Waals surface area contributed by atoms with E-state index in [1.54, 1.807) is 30.3 Å². The van der Waals surface area contributed by atoms with Gasteiger partial charge in [0.2, 0.25) is 5.91 Å². The Hall–Kier alpha value is -3.06. The largest absolute Gasteiger partial charge is 0.441 e. The van der Waals surface area contributed by atoms with Crippen molar-refractivity contribution in [1.29, 1.82) is 0 Å². The molecule has 3 aromatic rings. The molecule has 0 aliphatic carbocycles. The Labute approximate surface area is 180 Å². The van der Waals surface area contributed by atoms with Gasteiger partial charge in [-0.2, -0.15) is 0 Å². The number of hydrogen-bond donors (Lipinski definition) is 0. The molecular formula is C24H25F2N3O2. The number of aryl methyl sites for hydroxylation is 1. The number of amides is 1. The maximum atomic E-state index is 13.9. The molecule has 7 heteroatoms. The Balaban J connectivity index is 1.29. The fraction of sp³-hybridized carbons (Fsp3) is 0.333. The summed E-state index contributed by atoms with van der Waals surface area (Å²) in [7, 11) is 0. The summed E-state index contributed by atoms with van der Waals surface area (Å²) in [4.78, 5) is 20.9. The van der Waals surface area contributed by atoms with E-state index in [0.717, 1.165) is 13.0 Å². The molecule has 2 heterocycles. The van der Waals surface area contributed by atoms with Gasteiger partial charge in [-0.1, -0.05) is 30.3 Å². The SMILES string of the molecule is O=C(CCc1ncc(-c2ccccc2F)o1)N1CCCN(Cc2ccccc2F)CC1. The standard InChI is InChI=1S/C24H25F2N3O2/c25-20-8-3-1-6-18(20)17-28-12-5-13-29(15-14-28)24(30)11-10-23-27-16-22(31-23)19-7-2-4-9-21(19)26/h1-4,6-9,16H,5,10-15,17H2. The van der Waals surface area contributed by atoms with Crippen LogP contribution in [0.25, 0.3) is 11.3 Å². The number of benzene rings is 2. The average molecular weight is 425 g/mol. The lowest BCUT2D eigenvalue weighted by atomic mass is 10.2.